The fourth-order valence-electron chi connectivity index (χ4n) is 1.77. The molecule has 2 unspecified atom stereocenters. The van der Waals surface area contributed by atoms with Crippen LogP contribution in [-0.4, -0.2) is 43.6 Å². The number of halogens is 2. The van der Waals surface area contributed by atoms with E-state index in [1.54, 1.807) is 25.1 Å². The highest BCUT2D eigenvalue weighted by molar-refractivity contribution is 7.91. The molecule has 0 heterocycles. The van der Waals surface area contributed by atoms with Gasteiger partial charge in [0.05, 0.1) is 16.8 Å². The maximum Gasteiger partial charge on any atom is 0.178 e. The van der Waals surface area contributed by atoms with Gasteiger partial charge >= 0.3 is 0 Å². The first-order chi connectivity index (χ1) is 9.90. The van der Waals surface area contributed by atoms with E-state index in [-0.39, 0.29) is 16.0 Å². The van der Waals surface area contributed by atoms with E-state index in [0.29, 0.717) is 31.0 Å². The molecule has 0 saturated carbocycles. The van der Waals surface area contributed by atoms with Crippen molar-refractivity contribution in [3.05, 3.63) is 29.8 Å². The Morgan fingerprint density at radius 3 is 2.71 bits per heavy atom. The van der Waals surface area contributed by atoms with Gasteiger partial charge in [-0.15, -0.1) is 23.2 Å². The second-order valence-corrected chi connectivity index (χ2v) is 7.94. The Morgan fingerprint density at radius 1 is 1.38 bits per heavy atom. The third-order valence-electron chi connectivity index (χ3n) is 3.12. The van der Waals surface area contributed by atoms with Gasteiger partial charge in [-0.25, -0.2) is 8.42 Å². The Hall–Kier alpha value is -0.330. The lowest BCUT2D eigenvalue weighted by Gasteiger charge is -2.14. The first-order valence-electron chi connectivity index (χ1n) is 6.82. The zero-order valence-electron chi connectivity index (χ0n) is 11.9. The molecule has 0 bridgehead atoms. The highest BCUT2D eigenvalue weighted by Gasteiger charge is 2.14. The predicted molar refractivity (Wildman–Crippen MR) is 87.0 cm³/mol. The van der Waals surface area contributed by atoms with Gasteiger partial charge in [0.15, 0.2) is 9.84 Å². The molecule has 0 spiro atoms. The summed E-state index contributed by atoms with van der Waals surface area (Å²) in [5.74, 6) is 0.434. The van der Waals surface area contributed by atoms with Crippen molar-refractivity contribution in [1.29, 1.82) is 0 Å². The summed E-state index contributed by atoms with van der Waals surface area (Å²) in [6.45, 7) is 2.58. The van der Waals surface area contributed by atoms with Crippen molar-refractivity contribution in [3.63, 3.8) is 0 Å². The Bertz CT molecular complexity index is 537. The fourth-order valence-corrected chi connectivity index (χ4v) is 2.97. The van der Waals surface area contributed by atoms with E-state index < -0.39 is 15.9 Å². The number of hydrogen-bond donors (Lipinski definition) is 2. The van der Waals surface area contributed by atoms with Gasteiger partial charge < -0.3 is 10.4 Å². The van der Waals surface area contributed by atoms with E-state index in [1.807, 2.05) is 0 Å². The molecule has 0 aliphatic heterocycles. The molecule has 0 aliphatic rings. The number of rotatable bonds is 9. The minimum absolute atomic E-state index is 0.0420. The van der Waals surface area contributed by atoms with Gasteiger partial charge in [0.2, 0.25) is 0 Å². The van der Waals surface area contributed by atoms with Crippen LogP contribution in [0.3, 0.4) is 0 Å². The molecule has 1 rings (SSSR count). The molecule has 2 N–H and O–H groups in total. The Labute approximate surface area is 136 Å². The van der Waals surface area contributed by atoms with E-state index in [9.17, 15) is 13.5 Å². The monoisotopic (exact) mass is 353 g/mol. The van der Waals surface area contributed by atoms with Crippen molar-refractivity contribution in [3.8, 4) is 0 Å². The molecule has 0 saturated heterocycles. The van der Waals surface area contributed by atoms with Crippen molar-refractivity contribution in [2.45, 2.75) is 29.7 Å². The summed E-state index contributed by atoms with van der Waals surface area (Å²) in [6, 6.07) is 6.42. The predicted octanol–water partition coefficient (Wildman–Crippen LogP) is 2.34. The molecule has 2 atom stereocenters. The van der Waals surface area contributed by atoms with Crippen molar-refractivity contribution in [1.82, 2.24) is 5.32 Å². The van der Waals surface area contributed by atoms with Crippen LogP contribution in [0.15, 0.2) is 29.2 Å². The van der Waals surface area contributed by atoms with Crippen molar-refractivity contribution >= 4 is 33.0 Å². The summed E-state index contributed by atoms with van der Waals surface area (Å²) in [6.07, 6.45) is -0.0519. The lowest BCUT2D eigenvalue weighted by molar-refractivity contribution is 0.174. The molecule has 21 heavy (non-hydrogen) atoms. The van der Waals surface area contributed by atoms with Gasteiger partial charge in [-0.1, -0.05) is 19.1 Å². The topological polar surface area (TPSA) is 66.4 Å². The van der Waals surface area contributed by atoms with E-state index in [4.69, 9.17) is 23.2 Å². The second kappa shape index (κ2) is 8.96. The first kappa shape index (κ1) is 18.7. The van der Waals surface area contributed by atoms with Crippen molar-refractivity contribution in [2.75, 3.05) is 24.7 Å². The van der Waals surface area contributed by atoms with Gasteiger partial charge in [0, 0.05) is 17.8 Å². The summed E-state index contributed by atoms with van der Waals surface area (Å²) in [5, 5.41) is 13.1. The van der Waals surface area contributed by atoms with Crippen LogP contribution in [0.2, 0.25) is 0 Å². The van der Waals surface area contributed by atoms with E-state index >= 15 is 0 Å². The number of aliphatic hydroxyl groups excluding tert-OH is 1. The smallest absolute Gasteiger partial charge is 0.178 e. The number of alkyl halides is 2. The van der Waals surface area contributed by atoms with Gasteiger partial charge in [-0.3, -0.25) is 0 Å². The molecule has 0 radical (unpaired) electrons. The Balaban J connectivity index is 2.59. The van der Waals surface area contributed by atoms with Crippen LogP contribution in [0.25, 0.3) is 0 Å². The summed E-state index contributed by atoms with van der Waals surface area (Å²) in [7, 11) is -3.26. The molecule has 1 aromatic rings. The van der Waals surface area contributed by atoms with Crippen LogP contribution < -0.4 is 5.32 Å². The number of hydrogen-bond acceptors (Lipinski definition) is 4. The molecular formula is C14H21Cl2NO3S. The maximum absolute atomic E-state index is 11.8. The molecule has 0 fully saturated rings. The molecule has 120 valence electrons. The number of aliphatic hydroxyl groups is 1. The molecule has 7 heteroatoms. The third kappa shape index (κ3) is 6.12. The highest BCUT2D eigenvalue weighted by Crippen LogP contribution is 2.18. The molecule has 4 nitrogen and oxygen atoms in total. The largest absolute Gasteiger partial charge is 0.387 e. The minimum Gasteiger partial charge on any atom is -0.387 e. The molecule has 1 aromatic carbocycles. The zero-order chi connectivity index (χ0) is 15.9. The summed E-state index contributed by atoms with van der Waals surface area (Å²) in [4.78, 5) is 0.240. The number of nitrogens with one attached hydrogen (secondary N) is 1. The van der Waals surface area contributed by atoms with Crippen LogP contribution in [0, 0.1) is 0 Å². The van der Waals surface area contributed by atoms with Crippen molar-refractivity contribution < 1.29 is 13.5 Å². The standard InChI is InChI=1S/C14H21Cl2NO3S/c1-2-21(19,20)13-5-3-4-11(8-13)14(18)10-17-7-6-12(16)9-15/h3-5,8,12,14,17-18H,2,6-7,9-10H2,1H3. The number of benzene rings is 1. The van der Waals surface area contributed by atoms with Gasteiger partial charge in [-0.2, -0.15) is 0 Å². The van der Waals surface area contributed by atoms with E-state index in [2.05, 4.69) is 5.32 Å². The fraction of sp³-hybridized carbons (Fsp3) is 0.571. The highest BCUT2D eigenvalue weighted by atomic mass is 35.5. The van der Waals surface area contributed by atoms with Crippen LogP contribution in [-0.2, 0) is 9.84 Å². The average molecular weight is 354 g/mol. The first-order valence-corrected chi connectivity index (χ1v) is 9.44. The quantitative estimate of drug-likeness (QED) is 0.528. The van der Waals surface area contributed by atoms with Gasteiger partial charge in [-0.05, 0) is 30.7 Å². The summed E-state index contributed by atoms with van der Waals surface area (Å²) in [5.41, 5.74) is 0.580. The van der Waals surface area contributed by atoms with E-state index in [0.717, 1.165) is 0 Å². The van der Waals surface area contributed by atoms with Crippen LogP contribution >= 0.6 is 23.2 Å². The molecule has 0 amide bonds. The second-order valence-electron chi connectivity index (χ2n) is 4.74. The molecule has 0 aliphatic carbocycles. The number of sulfone groups is 1. The van der Waals surface area contributed by atoms with Crippen LogP contribution in [0.5, 0.6) is 0 Å². The summed E-state index contributed by atoms with van der Waals surface area (Å²) >= 11 is 11.5. The average Bonchev–Trinajstić information content (AvgIpc) is 2.51. The lowest BCUT2D eigenvalue weighted by Crippen LogP contribution is -2.24. The SMILES string of the molecule is CCS(=O)(=O)c1cccc(C(O)CNCCC(Cl)CCl)c1. The maximum atomic E-state index is 11.8. The van der Waals surface area contributed by atoms with Crippen molar-refractivity contribution in [2.24, 2.45) is 0 Å². The van der Waals surface area contributed by atoms with E-state index in [1.165, 1.54) is 6.07 Å². The lowest BCUT2D eigenvalue weighted by atomic mass is 10.1. The van der Waals surface area contributed by atoms with Crippen LogP contribution in [0.1, 0.15) is 25.0 Å². The summed E-state index contributed by atoms with van der Waals surface area (Å²) < 4.78 is 23.6. The third-order valence-corrected chi connectivity index (χ3v) is 5.76. The Morgan fingerprint density at radius 2 is 2.10 bits per heavy atom. The normalized spacial score (nSPS) is 14.9. The minimum atomic E-state index is -3.26. The van der Waals surface area contributed by atoms with Gasteiger partial charge in [0.1, 0.15) is 0 Å². The van der Waals surface area contributed by atoms with Crippen LogP contribution in [0.4, 0.5) is 0 Å². The zero-order valence-corrected chi connectivity index (χ0v) is 14.3. The molecular weight excluding hydrogens is 333 g/mol. The molecule has 0 aromatic heterocycles. The Kier molecular flexibility index (Phi) is 7.98. The van der Waals surface area contributed by atoms with Gasteiger partial charge in [0.25, 0.3) is 0 Å².